The fourth-order valence-corrected chi connectivity index (χ4v) is 1.90. The Labute approximate surface area is 104 Å². The number of rotatable bonds is 9. The Hall–Kier alpha value is -0.200. The number of methoxy groups -OCH3 is 1. The maximum atomic E-state index is 5.42. The molecule has 1 fully saturated rings. The normalized spacial score (nSPS) is 22.6. The molecule has 0 bridgehead atoms. The van der Waals surface area contributed by atoms with Gasteiger partial charge in [0.15, 0.2) is 0 Å². The fraction of sp³-hybridized carbons (Fsp3) is 1.00. The molecule has 0 aliphatic carbocycles. The molecule has 5 heteroatoms. The van der Waals surface area contributed by atoms with Crippen molar-refractivity contribution in [3.63, 3.8) is 0 Å². The van der Waals surface area contributed by atoms with Crippen LogP contribution < -0.4 is 10.6 Å². The highest BCUT2D eigenvalue weighted by atomic mass is 16.5. The van der Waals surface area contributed by atoms with E-state index in [9.17, 15) is 0 Å². The Morgan fingerprint density at radius 1 is 1.41 bits per heavy atom. The lowest BCUT2D eigenvalue weighted by Gasteiger charge is -2.26. The van der Waals surface area contributed by atoms with Gasteiger partial charge in [-0.15, -0.1) is 0 Å². The molecule has 0 saturated carbocycles. The van der Waals surface area contributed by atoms with Gasteiger partial charge in [-0.3, -0.25) is 0 Å². The Morgan fingerprint density at radius 3 is 3.00 bits per heavy atom. The number of ether oxygens (including phenoxy) is 3. The zero-order chi connectivity index (χ0) is 12.3. The van der Waals surface area contributed by atoms with Gasteiger partial charge < -0.3 is 24.8 Å². The molecule has 1 aliphatic rings. The van der Waals surface area contributed by atoms with Crippen molar-refractivity contribution >= 4 is 0 Å². The van der Waals surface area contributed by atoms with Gasteiger partial charge in [0, 0.05) is 32.3 Å². The van der Waals surface area contributed by atoms with E-state index in [2.05, 4.69) is 17.6 Å². The summed E-state index contributed by atoms with van der Waals surface area (Å²) in [7, 11) is 1.68. The van der Waals surface area contributed by atoms with Crippen molar-refractivity contribution in [2.24, 2.45) is 0 Å². The molecule has 5 nitrogen and oxygen atoms in total. The summed E-state index contributed by atoms with van der Waals surface area (Å²) in [5.74, 6) is 0. The van der Waals surface area contributed by atoms with E-state index in [1.165, 1.54) is 0 Å². The van der Waals surface area contributed by atoms with Gasteiger partial charge in [0.1, 0.15) is 0 Å². The molecule has 17 heavy (non-hydrogen) atoms. The number of nitrogens with one attached hydrogen (secondary N) is 2. The maximum Gasteiger partial charge on any atom is 0.0700 e. The van der Waals surface area contributed by atoms with Gasteiger partial charge >= 0.3 is 0 Å². The summed E-state index contributed by atoms with van der Waals surface area (Å²) >= 11 is 0. The molecule has 1 saturated heterocycles. The highest BCUT2D eigenvalue weighted by molar-refractivity contribution is 4.75. The lowest BCUT2D eigenvalue weighted by molar-refractivity contribution is 0.0655. The highest BCUT2D eigenvalue weighted by Gasteiger charge is 2.15. The lowest BCUT2D eigenvalue weighted by atomic mass is 10.1. The molecule has 1 aliphatic heterocycles. The molecule has 0 spiro atoms. The average Bonchev–Trinajstić information content (AvgIpc) is 2.35. The van der Waals surface area contributed by atoms with Crippen molar-refractivity contribution in [1.82, 2.24) is 10.6 Å². The molecule has 2 unspecified atom stereocenters. The van der Waals surface area contributed by atoms with Gasteiger partial charge in [-0.05, 0) is 13.3 Å². The molecule has 1 heterocycles. The topological polar surface area (TPSA) is 51.8 Å². The van der Waals surface area contributed by atoms with Crippen LogP contribution in [0.3, 0.4) is 0 Å². The van der Waals surface area contributed by atoms with Crippen LogP contribution in [-0.4, -0.2) is 65.3 Å². The van der Waals surface area contributed by atoms with Crippen LogP contribution in [0.4, 0.5) is 0 Å². The summed E-state index contributed by atoms with van der Waals surface area (Å²) < 4.78 is 15.7. The van der Waals surface area contributed by atoms with Crippen LogP contribution in [0, 0.1) is 0 Å². The monoisotopic (exact) mass is 246 g/mol. The van der Waals surface area contributed by atoms with Crippen molar-refractivity contribution in [3.05, 3.63) is 0 Å². The largest absolute Gasteiger partial charge is 0.382 e. The fourth-order valence-electron chi connectivity index (χ4n) is 1.90. The predicted molar refractivity (Wildman–Crippen MR) is 67.4 cm³/mol. The van der Waals surface area contributed by atoms with Gasteiger partial charge in [0.25, 0.3) is 0 Å². The Bertz CT molecular complexity index is 175. The van der Waals surface area contributed by atoms with Gasteiger partial charge in [0.05, 0.1) is 33.0 Å². The number of hydrogen-bond donors (Lipinski definition) is 2. The van der Waals surface area contributed by atoms with Crippen molar-refractivity contribution in [2.45, 2.75) is 25.4 Å². The lowest BCUT2D eigenvalue weighted by Crippen LogP contribution is -2.45. The standard InChI is InChI=1S/C12H26N2O3/c1-11(9-12-10-17-6-4-14-12)13-3-5-16-8-7-15-2/h11-14H,3-10H2,1-2H3. The predicted octanol–water partition coefficient (Wildman–Crippen LogP) is 0.00600. The van der Waals surface area contributed by atoms with Gasteiger partial charge in [0.2, 0.25) is 0 Å². The number of hydrogen-bond acceptors (Lipinski definition) is 5. The zero-order valence-electron chi connectivity index (χ0n) is 11.0. The molecule has 0 aromatic heterocycles. The summed E-state index contributed by atoms with van der Waals surface area (Å²) in [6.45, 7) is 7.80. The van der Waals surface area contributed by atoms with Gasteiger partial charge in [-0.25, -0.2) is 0 Å². The van der Waals surface area contributed by atoms with E-state index in [0.717, 1.165) is 39.3 Å². The Morgan fingerprint density at radius 2 is 2.29 bits per heavy atom. The molecule has 0 amide bonds. The second-order valence-corrected chi connectivity index (χ2v) is 4.42. The van der Waals surface area contributed by atoms with E-state index in [4.69, 9.17) is 14.2 Å². The minimum absolute atomic E-state index is 0.486. The third-order valence-corrected chi connectivity index (χ3v) is 2.81. The summed E-state index contributed by atoms with van der Waals surface area (Å²) in [4.78, 5) is 0. The molecule has 0 aromatic rings. The van der Waals surface area contributed by atoms with Crippen LogP contribution >= 0.6 is 0 Å². The van der Waals surface area contributed by atoms with Crippen molar-refractivity contribution in [3.8, 4) is 0 Å². The average molecular weight is 246 g/mol. The van der Waals surface area contributed by atoms with Gasteiger partial charge in [-0.2, -0.15) is 0 Å². The van der Waals surface area contributed by atoms with E-state index in [0.29, 0.717) is 25.3 Å². The molecular weight excluding hydrogens is 220 g/mol. The molecular formula is C12H26N2O3. The van der Waals surface area contributed by atoms with Crippen molar-refractivity contribution in [1.29, 1.82) is 0 Å². The SMILES string of the molecule is COCCOCCNC(C)CC1COCCN1. The molecule has 1 rings (SSSR count). The van der Waals surface area contributed by atoms with Crippen LogP contribution in [0.1, 0.15) is 13.3 Å². The summed E-state index contributed by atoms with van der Waals surface area (Å²) in [6, 6.07) is 0.973. The Kier molecular flexibility index (Phi) is 8.56. The van der Waals surface area contributed by atoms with Crippen LogP contribution in [0.2, 0.25) is 0 Å². The Balaban J connectivity index is 1.91. The highest BCUT2D eigenvalue weighted by Crippen LogP contribution is 2.02. The van der Waals surface area contributed by atoms with Crippen molar-refractivity contribution < 1.29 is 14.2 Å². The minimum Gasteiger partial charge on any atom is -0.382 e. The van der Waals surface area contributed by atoms with Crippen LogP contribution in [0.5, 0.6) is 0 Å². The molecule has 2 atom stereocenters. The molecule has 102 valence electrons. The smallest absolute Gasteiger partial charge is 0.0700 e. The quantitative estimate of drug-likeness (QED) is 0.561. The van der Waals surface area contributed by atoms with E-state index in [1.54, 1.807) is 7.11 Å². The van der Waals surface area contributed by atoms with Crippen molar-refractivity contribution in [2.75, 3.05) is 53.2 Å². The van der Waals surface area contributed by atoms with E-state index < -0.39 is 0 Å². The molecule has 0 aromatic carbocycles. The van der Waals surface area contributed by atoms with E-state index in [-0.39, 0.29) is 0 Å². The second kappa shape index (κ2) is 9.79. The van der Waals surface area contributed by atoms with E-state index >= 15 is 0 Å². The first-order valence-corrected chi connectivity index (χ1v) is 6.44. The first-order valence-electron chi connectivity index (χ1n) is 6.44. The molecule has 2 N–H and O–H groups in total. The summed E-state index contributed by atoms with van der Waals surface area (Å²) in [5.41, 5.74) is 0. The third-order valence-electron chi connectivity index (χ3n) is 2.81. The summed E-state index contributed by atoms with van der Waals surface area (Å²) in [6.07, 6.45) is 1.10. The number of morpholine rings is 1. The second-order valence-electron chi connectivity index (χ2n) is 4.42. The van der Waals surface area contributed by atoms with Crippen LogP contribution in [0.25, 0.3) is 0 Å². The van der Waals surface area contributed by atoms with E-state index in [1.807, 2.05) is 0 Å². The third kappa shape index (κ3) is 7.68. The first-order chi connectivity index (χ1) is 8.33. The van der Waals surface area contributed by atoms with Crippen LogP contribution in [-0.2, 0) is 14.2 Å². The minimum atomic E-state index is 0.486. The first kappa shape index (κ1) is 14.9. The van der Waals surface area contributed by atoms with Crippen LogP contribution in [0.15, 0.2) is 0 Å². The van der Waals surface area contributed by atoms with Gasteiger partial charge in [-0.1, -0.05) is 0 Å². The maximum absolute atomic E-state index is 5.42. The summed E-state index contributed by atoms with van der Waals surface area (Å²) in [5, 5.41) is 6.90. The molecule has 0 radical (unpaired) electrons. The zero-order valence-corrected chi connectivity index (χ0v) is 11.0.